The van der Waals surface area contributed by atoms with E-state index in [1.807, 2.05) is 11.8 Å². The molecule has 130 valence electrons. The smallest absolute Gasteiger partial charge is 0.255 e. The van der Waals surface area contributed by atoms with E-state index in [0.29, 0.717) is 29.9 Å². The molecule has 0 atom stereocenters. The minimum absolute atomic E-state index is 0.000936. The van der Waals surface area contributed by atoms with Crippen molar-refractivity contribution >= 4 is 17.5 Å². The molecule has 0 unspecified atom stereocenters. The molecular weight excluding hydrogens is 321 g/mol. The second kappa shape index (κ2) is 7.44. The van der Waals surface area contributed by atoms with Crippen LogP contribution in [0, 0.1) is 12.7 Å². The first-order chi connectivity index (χ1) is 12.0. The van der Waals surface area contributed by atoms with Crippen molar-refractivity contribution in [2.45, 2.75) is 6.92 Å². The van der Waals surface area contributed by atoms with Crippen LogP contribution in [-0.2, 0) is 0 Å². The van der Waals surface area contributed by atoms with Gasteiger partial charge < -0.3 is 15.5 Å². The first-order valence-corrected chi connectivity index (χ1v) is 8.22. The Bertz CT molecular complexity index is 784. The number of carbonyl (C=O) groups is 2. The van der Waals surface area contributed by atoms with Crippen molar-refractivity contribution in [3.63, 3.8) is 0 Å². The molecule has 25 heavy (non-hydrogen) atoms. The summed E-state index contributed by atoms with van der Waals surface area (Å²) in [6.07, 6.45) is 0. The molecule has 5 nitrogen and oxygen atoms in total. The molecule has 0 saturated carbocycles. The quantitative estimate of drug-likeness (QED) is 0.901. The monoisotopic (exact) mass is 341 g/mol. The van der Waals surface area contributed by atoms with E-state index in [1.165, 1.54) is 24.3 Å². The van der Waals surface area contributed by atoms with Gasteiger partial charge in [-0.2, -0.15) is 0 Å². The summed E-state index contributed by atoms with van der Waals surface area (Å²) in [7, 11) is 0. The zero-order valence-corrected chi connectivity index (χ0v) is 14.0. The van der Waals surface area contributed by atoms with E-state index in [0.717, 1.165) is 18.7 Å². The van der Waals surface area contributed by atoms with E-state index in [1.54, 1.807) is 18.2 Å². The molecule has 0 aromatic heterocycles. The minimum Gasteiger partial charge on any atom is -0.336 e. The molecule has 3 rings (SSSR count). The van der Waals surface area contributed by atoms with Crippen LogP contribution in [0.4, 0.5) is 10.1 Å². The van der Waals surface area contributed by atoms with Gasteiger partial charge in [0.25, 0.3) is 11.8 Å². The van der Waals surface area contributed by atoms with Crippen LogP contribution in [0.1, 0.15) is 26.3 Å². The highest BCUT2D eigenvalue weighted by atomic mass is 19.1. The number of carbonyl (C=O) groups excluding carboxylic acids is 2. The highest BCUT2D eigenvalue weighted by molar-refractivity contribution is 6.05. The molecule has 0 bridgehead atoms. The molecular formula is C19H20FN3O2. The highest BCUT2D eigenvalue weighted by Gasteiger charge is 2.18. The van der Waals surface area contributed by atoms with Crippen LogP contribution < -0.4 is 10.6 Å². The highest BCUT2D eigenvalue weighted by Crippen LogP contribution is 2.19. The Hall–Kier alpha value is -2.73. The van der Waals surface area contributed by atoms with Crippen LogP contribution in [0.2, 0.25) is 0 Å². The Morgan fingerprint density at radius 3 is 2.32 bits per heavy atom. The number of halogens is 1. The van der Waals surface area contributed by atoms with Gasteiger partial charge in [-0.05, 0) is 55.0 Å². The van der Waals surface area contributed by atoms with Crippen LogP contribution >= 0.6 is 0 Å². The first-order valence-electron chi connectivity index (χ1n) is 8.22. The molecule has 2 amide bonds. The average molecular weight is 341 g/mol. The number of nitrogens with zero attached hydrogens (tertiary/aromatic N) is 1. The van der Waals surface area contributed by atoms with E-state index in [4.69, 9.17) is 0 Å². The number of hydrogen-bond acceptors (Lipinski definition) is 3. The van der Waals surface area contributed by atoms with Crippen molar-refractivity contribution in [1.82, 2.24) is 10.2 Å². The number of amides is 2. The summed E-state index contributed by atoms with van der Waals surface area (Å²) in [5, 5.41) is 6.01. The fourth-order valence-corrected chi connectivity index (χ4v) is 2.78. The van der Waals surface area contributed by atoms with E-state index in [-0.39, 0.29) is 17.6 Å². The lowest BCUT2D eigenvalue weighted by molar-refractivity contribution is 0.0735. The Balaban J connectivity index is 1.72. The van der Waals surface area contributed by atoms with Gasteiger partial charge in [-0.25, -0.2) is 4.39 Å². The third-order valence-electron chi connectivity index (χ3n) is 4.23. The SMILES string of the molecule is Cc1cc(C(=O)N2CCNCC2)ccc1NC(=O)c1ccc(F)cc1. The Labute approximate surface area is 145 Å². The summed E-state index contributed by atoms with van der Waals surface area (Å²) in [4.78, 5) is 26.6. The fourth-order valence-electron chi connectivity index (χ4n) is 2.78. The molecule has 0 spiro atoms. The summed E-state index contributed by atoms with van der Waals surface area (Å²) >= 11 is 0. The zero-order chi connectivity index (χ0) is 17.8. The number of piperazine rings is 1. The van der Waals surface area contributed by atoms with E-state index in [9.17, 15) is 14.0 Å². The van der Waals surface area contributed by atoms with Crippen LogP contribution in [0.25, 0.3) is 0 Å². The second-order valence-corrected chi connectivity index (χ2v) is 6.03. The average Bonchev–Trinajstić information content (AvgIpc) is 2.64. The first kappa shape index (κ1) is 17.1. The van der Waals surface area contributed by atoms with Gasteiger partial charge in [0.05, 0.1) is 0 Å². The van der Waals surface area contributed by atoms with Gasteiger partial charge in [-0.3, -0.25) is 9.59 Å². The summed E-state index contributed by atoms with van der Waals surface area (Å²) < 4.78 is 12.9. The van der Waals surface area contributed by atoms with Gasteiger partial charge in [0, 0.05) is 43.0 Å². The molecule has 2 aromatic carbocycles. The normalized spacial score (nSPS) is 14.2. The predicted octanol–water partition coefficient (Wildman–Crippen LogP) is 2.43. The fraction of sp³-hybridized carbons (Fsp3) is 0.263. The Morgan fingerprint density at radius 2 is 1.68 bits per heavy atom. The van der Waals surface area contributed by atoms with Crippen LogP contribution in [0.3, 0.4) is 0 Å². The lowest BCUT2D eigenvalue weighted by atomic mass is 10.1. The van der Waals surface area contributed by atoms with Crippen molar-refractivity contribution in [2.75, 3.05) is 31.5 Å². The lowest BCUT2D eigenvalue weighted by Crippen LogP contribution is -2.46. The molecule has 1 aliphatic rings. The predicted molar refractivity (Wildman–Crippen MR) is 94.3 cm³/mol. The topological polar surface area (TPSA) is 61.4 Å². The molecule has 1 heterocycles. The molecule has 2 N–H and O–H groups in total. The number of nitrogens with one attached hydrogen (secondary N) is 2. The van der Waals surface area contributed by atoms with Crippen molar-refractivity contribution < 1.29 is 14.0 Å². The van der Waals surface area contributed by atoms with Gasteiger partial charge in [-0.15, -0.1) is 0 Å². The van der Waals surface area contributed by atoms with Crippen molar-refractivity contribution in [3.05, 3.63) is 65.0 Å². The van der Waals surface area contributed by atoms with Crippen LogP contribution in [0.5, 0.6) is 0 Å². The van der Waals surface area contributed by atoms with E-state index < -0.39 is 0 Å². The summed E-state index contributed by atoms with van der Waals surface area (Å²) in [5.74, 6) is -0.700. The minimum atomic E-state index is -0.386. The lowest BCUT2D eigenvalue weighted by Gasteiger charge is -2.27. The maximum Gasteiger partial charge on any atom is 0.255 e. The summed E-state index contributed by atoms with van der Waals surface area (Å²) in [6.45, 7) is 4.84. The van der Waals surface area contributed by atoms with E-state index in [2.05, 4.69) is 10.6 Å². The summed E-state index contributed by atoms with van der Waals surface area (Å²) in [6, 6.07) is 10.6. The number of anilines is 1. The molecule has 1 saturated heterocycles. The van der Waals surface area contributed by atoms with Gasteiger partial charge in [0.2, 0.25) is 0 Å². The van der Waals surface area contributed by atoms with Gasteiger partial charge in [0.15, 0.2) is 0 Å². The zero-order valence-electron chi connectivity index (χ0n) is 14.0. The number of hydrogen-bond donors (Lipinski definition) is 2. The van der Waals surface area contributed by atoms with Crippen LogP contribution in [-0.4, -0.2) is 42.9 Å². The van der Waals surface area contributed by atoms with Crippen molar-refractivity contribution in [1.29, 1.82) is 0 Å². The third kappa shape index (κ3) is 4.03. The maximum absolute atomic E-state index is 12.9. The van der Waals surface area contributed by atoms with Gasteiger partial charge in [0.1, 0.15) is 5.82 Å². The summed E-state index contributed by atoms with van der Waals surface area (Å²) in [5.41, 5.74) is 2.42. The molecule has 1 fully saturated rings. The number of rotatable bonds is 3. The van der Waals surface area contributed by atoms with Crippen LogP contribution in [0.15, 0.2) is 42.5 Å². The van der Waals surface area contributed by atoms with Gasteiger partial charge >= 0.3 is 0 Å². The largest absolute Gasteiger partial charge is 0.336 e. The molecule has 0 aliphatic carbocycles. The molecule has 0 radical (unpaired) electrons. The Morgan fingerprint density at radius 1 is 1.04 bits per heavy atom. The maximum atomic E-state index is 12.9. The van der Waals surface area contributed by atoms with E-state index >= 15 is 0 Å². The number of benzene rings is 2. The third-order valence-corrected chi connectivity index (χ3v) is 4.23. The van der Waals surface area contributed by atoms with Gasteiger partial charge in [-0.1, -0.05) is 0 Å². The molecule has 2 aromatic rings. The number of aryl methyl sites for hydroxylation is 1. The second-order valence-electron chi connectivity index (χ2n) is 6.03. The molecule has 1 aliphatic heterocycles. The Kier molecular flexibility index (Phi) is 5.09. The standard InChI is InChI=1S/C19H20FN3O2/c1-13-12-15(19(25)23-10-8-21-9-11-23)4-7-17(13)22-18(24)14-2-5-16(20)6-3-14/h2-7,12,21H,8-11H2,1H3,(H,22,24). The van der Waals surface area contributed by atoms with Crippen molar-refractivity contribution in [3.8, 4) is 0 Å². The van der Waals surface area contributed by atoms with Crippen molar-refractivity contribution in [2.24, 2.45) is 0 Å². The molecule has 6 heteroatoms.